The predicted octanol–water partition coefficient (Wildman–Crippen LogP) is 3.25. The number of hydrogen-bond acceptors (Lipinski definition) is 4. The third-order valence-electron chi connectivity index (χ3n) is 5.38. The van der Waals surface area contributed by atoms with Crippen LogP contribution in [-0.4, -0.2) is 55.8 Å². The molecule has 2 aliphatic heterocycles. The molecule has 2 aliphatic rings. The second-order valence-corrected chi connectivity index (χ2v) is 6.78. The molecular weight excluding hydrogens is 300 g/mol. The first kappa shape index (κ1) is 17.7. The summed E-state index contributed by atoms with van der Waals surface area (Å²) in [6.07, 6.45) is 2.32. The molecule has 0 spiro atoms. The summed E-state index contributed by atoms with van der Waals surface area (Å²) in [4.78, 5) is 5.08. The van der Waals surface area contributed by atoms with E-state index in [2.05, 4.69) is 42.7 Å². The van der Waals surface area contributed by atoms with E-state index in [0.717, 1.165) is 64.6 Å². The van der Waals surface area contributed by atoms with Gasteiger partial charge in [0.1, 0.15) is 5.75 Å². The molecule has 1 unspecified atom stereocenters. The number of likely N-dealkylation sites (N-methyl/N-ethyl adjacent to an activating group) is 1. The second-order valence-electron chi connectivity index (χ2n) is 6.78. The Kier molecular flexibility index (Phi) is 6.14. The van der Waals surface area contributed by atoms with Crippen LogP contribution in [0.15, 0.2) is 12.1 Å². The molecule has 0 N–H and O–H groups in total. The van der Waals surface area contributed by atoms with Gasteiger partial charge in [-0.1, -0.05) is 19.9 Å². The van der Waals surface area contributed by atoms with Gasteiger partial charge >= 0.3 is 0 Å². The van der Waals surface area contributed by atoms with E-state index in [9.17, 15) is 0 Å². The number of hydrogen-bond donors (Lipinski definition) is 0. The van der Waals surface area contributed by atoms with Gasteiger partial charge < -0.3 is 9.47 Å². The lowest BCUT2D eigenvalue weighted by Crippen LogP contribution is -2.36. The molecule has 0 saturated carbocycles. The molecule has 4 heteroatoms. The Hall–Kier alpha value is -1.10. The van der Waals surface area contributed by atoms with Crippen LogP contribution in [0, 0.1) is 0 Å². The van der Waals surface area contributed by atoms with E-state index in [1.54, 1.807) is 0 Å². The lowest BCUT2D eigenvalue weighted by Gasteiger charge is -2.37. The molecule has 0 aliphatic carbocycles. The van der Waals surface area contributed by atoms with Gasteiger partial charge in [0.25, 0.3) is 0 Å². The van der Waals surface area contributed by atoms with E-state index < -0.39 is 0 Å². The maximum Gasteiger partial charge on any atom is 0.124 e. The van der Waals surface area contributed by atoms with Gasteiger partial charge in [-0.25, -0.2) is 0 Å². The van der Waals surface area contributed by atoms with Gasteiger partial charge in [0.05, 0.1) is 19.8 Å². The minimum absolute atomic E-state index is 0.537. The van der Waals surface area contributed by atoms with Crippen molar-refractivity contribution in [1.82, 2.24) is 9.80 Å². The molecule has 0 aromatic heterocycles. The smallest absolute Gasteiger partial charge is 0.124 e. The van der Waals surface area contributed by atoms with E-state index in [4.69, 9.17) is 9.47 Å². The zero-order valence-corrected chi connectivity index (χ0v) is 15.5. The summed E-state index contributed by atoms with van der Waals surface area (Å²) in [5.41, 5.74) is 4.36. The van der Waals surface area contributed by atoms with Crippen molar-refractivity contribution in [2.45, 2.75) is 46.2 Å². The Morgan fingerprint density at radius 3 is 2.58 bits per heavy atom. The fraction of sp³-hybridized carbons (Fsp3) is 0.700. The minimum Gasteiger partial charge on any atom is -0.494 e. The molecule has 1 saturated heterocycles. The zero-order valence-electron chi connectivity index (χ0n) is 15.5. The van der Waals surface area contributed by atoms with Crippen molar-refractivity contribution in [3.8, 4) is 5.75 Å². The highest BCUT2D eigenvalue weighted by atomic mass is 16.5. The molecule has 1 fully saturated rings. The molecule has 0 bridgehead atoms. The van der Waals surface area contributed by atoms with Crippen LogP contribution < -0.4 is 4.74 Å². The van der Waals surface area contributed by atoms with Crippen molar-refractivity contribution in [3.63, 3.8) is 0 Å². The highest BCUT2D eigenvalue weighted by Crippen LogP contribution is 2.36. The number of rotatable bonds is 6. The van der Waals surface area contributed by atoms with Crippen LogP contribution in [0.3, 0.4) is 0 Å². The van der Waals surface area contributed by atoms with Gasteiger partial charge in [0.2, 0.25) is 0 Å². The first-order valence-electron chi connectivity index (χ1n) is 9.59. The van der Waals surface area contributed by atoms with E-state index in [1.165, 1.54) is 23.2 Å². The predicted molar refractivity (Wildman–Crippen MR) is 97.7 cm³/mol. The average molecular weight is 332 g/mol. The Labute approximate surface area is 146 Å². The largest absolute Gasteiger partial charge is 0.494 e. The number of morpholine rings is 1. The number of fused-ring (bicyclic) bond motifs is 1. The summed E-state index contributed by atoms with van der Waals surface area (Å²) < 4.78 is 11.5. The molecule has 3 rings (SSSR count). The van der Waals surface area contributed by atoms with E-state index in [1.807, 2.05) is 0 Å². The molecule has 0 radical (unpaired) electrons. The SMILES string of the molecule is CCOc1cc2c(cc1CN1CCOCC1)CCN(CC)C2CC. The second kappa shape index (κ2) is 8.32. The molecule has 0 amide bonds. The van der Waals surface area contributed by atoms with Crippen molar-refractivity contribution < 1.29 is 9.47 Å². The number of nitrogens with zero attached hydrogens (tertiary/aromatic N) is 2. The van der Waals surface area contributed by atoms with Crippen molar-refractivity contribution in [3.05, 3.63) is 28.8 Å². The van der Waals surface area contributed by atoms with Crippen molar-refractivity contribution in [2.24, 2.45) is 0 Å². The molecule has 4 nitrogen and oxygen atoms in total. The van der Waals surface area contributed by atoms with Gasteiger partial charge in [-0.3, -0.25) is 9.80 Å². The Bertz CT molecular complexity index is 541. The highest BCUT2D eigenvalue weighted by Gasteiger charge is 2.27. The quantitative estimate of drug-likeness (QED) is 0.798. The van der Waals surface area contributed by atoms with Crippen LogP contribution in [0.1, 0.15) is 49.9 Å². The maximum atomic E-state index is 6.03. The fourth-order valence-corrected chi connectivity index (χ4v) is 4.10. The van der Waals surface area contributed by atoms with Crippen LogP contribution in [0.2, 0.25) is 0 Å². The summed E-state index contributed by atoms with van der Waals surface area (Å²) in [5.74, 6) is 1.08. The fourth-order valence-electron chi connectivity index (χ4n) is 4.10. The Balaban J connectivity index is 1.89. The van der Waals surface area contributed by atoms with Crippen molar-refractivity contribution >= 4 is 0 Å². The first-order chi connectivity index (χ1) is 11.8. The average Bonchev–Trinajstić information content (AvgIpc) is 2.62. The first-order valence-corrected chi connectivity index (χ1v) is 9.59. The van der Waals surface area contributed by atoms with Crippen molar-refractivity contribution in [1.29, 1.82) is 0 Å². The maximum absolute atomic E-state index is 6.03. The van der Waals surface area contributed by atoms with E-state index in [-0.39, 0.29) is 0 Å². The lowest BCUT2D eigenvalue weighted by molar-refractivity contribution is 0.0338. The molecule has 24 heavy (non-hydrogen) atoms. The van der Waals surface area contributed by atoms with Crippen LogP contribution in [0.25, 0.3) is 0 Å². The third kappa shape index (κ3) is 3.76. The summed E-state index contributed by atoms with van der Waals surface area (Å²) in [6, 6.07) is 5.30. The third-order valence-corrected chi connectivity index (χ3v) is 5.38. The zero-order chi connectivity index (χ0) is 16.9. The summed E-state index contributed by atoms with van der Waals surface area (Å²) in [7, 11) is 0. The van der Waals surface area contributed by atoms with Crippen LogP contribution in [0.5, 0.6) is 5.75 Å². The summed E-state index contributed by atoms with van der Waals surface area (Å²) in [5, 5.41) is 0. The molecule has 134 valence electrons. The van der Waals surface area contributed by atoms with Crippen LogP contribution in [-0.2, 0) is 17.7 Å². The van der Waals surface area contributed by atoms with E-state index >= 15 is 0 Å². The Morgan fingerprint density at radius 2 is 1.92 bits per heavy atom. The van der Waals surface area contributed by atoms with E-state index in [0.29, 0.717) is 6.04 Å². The monoisotopic (exact) mass is 332 g/mol. The lowest BCUT2D eigenvalue weighted by atomic mass is 9.89. The highest BCUT2D eigenvalue weighted by molar-refractivity contribution is 5.45. The topological polar surface area (TPSA) is 24.9 Å². The normalized spacial score (nSPS) is 22.4. The Morgan fingerprint density at radius 1 is 1.12 bits per heavy atom. The number of ether oxygens (including phenoxy) is 2. The van der Waals surface area contributed by atoms with Crippen molar-refractivity contribution in [2.75, 3.05) is 46.0 Å². The van der Waals surface area contributed by atoms with Crippen LogP contribution in [0.4, 0.5) is 0 Å². The molecule has 1 aromatic carbocycles. The van der Waals surface area contributed by atoms with Gasteiger partial charge in [-0.05, 0) is 43.5 Å². The van der Waals surface area contributed by atoms with Gasteiger partial charge in [-0.15, -0.1) is 0 Å². The standard InChI is InChI=1S/C20H32N2O2/c1-4-19-18-14-20(24-6-3)17(15-21-9-11-23-12-10-21)13-16(18)7-8-22(19)5-2/h13-14,19H,4-12,15H2,1-3H3. The van der Waals surface area contributed by atoms with Gasteiger partial charge in [-0.2, -0.15) is 0 Å². The molecule has 1 aromatic rings. The minimum atomic E-state index is 0.537. The van der Waals surface area contributed by atoms with Gasteiger partial charge in [0, 0.05) is 37.8 Å². The van der Waals surface area contributed by atoms with Crippen LogP contribution >= 0.6 is 0 Å². The molecule has 1 atom stereocenters. The summed E-state index contributed by atoms with van der Waals surface area (Å²) >= 11 is 0. The van der Waals surface area contributed by atoms with Gasteiger partial charge in [0.15, 0.2) is 0 Å². The number of benzene rings is 1. The molecule has 2 heterocycles. The molecular formula is C20H32N2O2. The summed E-state index contributed by atoms with van der Waals surface area (Å²) in [6.45, 7) is 14.4.